The molecule has 1 aliphatic rings. The van der Waals surface area contributed by atoms with Crippen molar-refractivity contribution in [3.63, 3.8) is 0 Å². The molecule has 0 saturated heterocycles. The standard InChI is InChI=1S/C17H14O4/c18-15(19)14-4-2-1-3-13(14)11-5-7-12(8-6-11)17(9-10-17)16(20)21/h1-8H,9-10H2,(H,18,19)(H,20,21). The Morgan fingerprint density at radius 1 is 0.905 bits per heavy atom. The van der Waals surface area contributed by atoms with Crippen LogP contribution in [0.15, 0.2) is 48.5 Å². The van der Waals surface area contributed by atoms with Crippen LogP contribution >= 0.6 is 0 Å². The van der Waals surface area contributed by atoms with Gasteiger partial charge in [0.1, 0.15) is 0 Å². The van der Waals surface area contributed by atoms with E-state index in [1.807, 2.05) is 0 Å². The fraction of sp³-hybridized carbons (Fsp3) is 0.176. The summed E-state index contributed by atoms with van der Waals surface area (Å²) in [6, 6.07) is 13.9. The van der Waals surface area contributed by atoms with Gasteiger partial charge in [-0.25, -0.2) is 4.79 Å². The minimum Gasteiger partial charge on any atom is -0.481 e. The lowest BCUT2D eigenvalue weighted by Gasteiger charge is -2.12. The summed E-state index contributed by atoms with van der Waals surface area (Å²) in [6.07, 6.45) is 1.32. The minimum absolute atomic E-state index is 0.240. The molecule has 0 spiro atoms. The molecule has 0 aromatic heterocycles. The van der Waals surface area contributed by atoms with Crippen molar-refractivity contribution in [2.45, 2.75) is 18.3 Å². The highest BCUT2D eigenvalue weighted by atomic mass is 16.4. The summed E-state index contributed by atoms with van der Waals surface area (Å²) < 4.78 is 0. The predicted octanol–water partition coefficient (Wildman–Crippen LogP) is 3.17. The van der Waals surface area contributed by atoms with E-state index in [-0.39, 0.29) is 5.56 Å². The van der Waals surface area contributed by atoms with Crippen LogP contribution in [0.1, 0.15) is 28.8 Å². The van der Waals surface area contributed by atoms with E-state index >= 15 is 0 Å². The molecule has 2 aromatic rings. The van der Waals surface area contributed by atoms with E-state index in [0.29, 0.717) is 18.4 Å². The van der Waals surface area contributed by atoms with Crippen molar-refractivity contribution in [2.24, 2.45) is 0 Å². The average Bonchev–Trinajstić information content (AvgIpc) is 3.29. The molecular weight excluding hydrogens is 268 g/mol. The third-order valence-corrected chi connectivity index (χ3v) is 4.07. The summed E-state index contributed by atoms with van der Waals surface area (Å²) in [5, 5.41) is 18.5. The second kappa shape index (κ2) is 4.74. The highest BCUT2D eigenvalue weighted by Gasteiger charge is 2.51. The molecule has 4 heteroatoms. The molecule has 1 aliphatic carbocycles. The lowest BCUT2D eigenvalue weighted by molar-refractivity contribution is -0.140. The molecule has 4 nitrogen and oxygen atoms in total. The Hall–Kier alpha value is -2.62. The number of aromatic carboxylic acids is 1. The van der Waals surface area contributed by atoms with Crippen LogP contribution < -0.4 is 0 Å². The van der Waals surface area contributed by atoms with Gasteiger partial charge in [0.2, 0.25) is 0 Å². The molecule has 2 N–H and O–H groups in total. The molecule has 0 radical (unpaired) electrons. The number of carboxylic acid groups (broad SMARTS) is 2. The van der Waals surface area contributed by atoms with Gasteiger partial charge < -0.3 is 10.2 Å². The summed E-state index contributed by atoms with van der Waals surface area (Å²) in [5.74, 6) is -1.76. The van der Waals surface area contributed by atoms with Crippen LogP contribution in [0.5, 0.6) is 0 Å². The minimum atomic E-state index is -0.973. The van der Waals surface area contributed by atoms with E-state index in [4.69, 9.17) is 0 Å². The Bertz CT molecular complexity index is 712. The average molecular weight is 282 g/mol. The van der Waals surface area contributed by atoms with Crippen molar-refractivity contribution < 1.29 is 19.8 Å². The van der Waals surface area contributed by atoms with Crippen LogP contribution in [-0.4, -0.2) is 22.2 Å². The van der Waals surface area contributed by atoms with Crippen LogP contribution in [0.25, 0.3) is 11.1 Å². The Morgan fingerprint density at radius 2 is 1.52 bits per heavy atom. The molecular formula is C17H14O4. The number of benzene rings is 2. The maximum Gasteiger partial charge on any atom is 0.336 e. The zero-order valence-electron chi connectivity index (χ0n) is 11.2. The van der Waals surface area contributed by atoms with Crippen LogP contribution in [0.4, 0.5) is 0 Å². The molecule has 1 saturated carbocycles. The summed E-state index contributed by atoms with van der Waals surface area (Å²) >= 11 is 0. The molecule has 0 atom stereocenters. The number of carboxylic acids is 2. The highest BCUT2D eigenvalue weighted by molar-refractivity contribution is 5.96. The second-order valence-corrected chi connectivity index (χ2v) is 5.32. The fourth-order valence-electron chi connectivity index (χ4n) is 2.64. The van der Waals surface area contributed by atoms with Gasteiger partial charge in [-0.2, -0.15) is 0 Å². The number of carbonyl (C=O) groups is 2. The van der Waals surface area contributed by atoms with Crippen molar-refractivity contribution in [1.29, 1.82) is 0 Å². The summed E-state index contributed by atoms with van der Waals surface area (Å²) in [6.45, 7) is 0. The van der Waals surface area contributed by atoms with E-state index in [1.54, 1.807) is 48.5 Å². The Balaban J connectivity index is 1.99. The number of aliphatic carboxylic acids is 1. The van der Waals surface area contributed by atoms with E-state index in [9.17, 15) is 19.8 Å². The predicted molar refractivity (Wildman–Crippen MR) is 77.4 cm³/mol. The van der Waals surface area contributed by atoms with Gasteiger partial charge in [-0.1, -0.05) is 42.5 Å². The van der Waals surface area contributed by atoms with Gasteiger partial charge >= 0.3 is 11.9 Å². The van der Waals surface area contributed by atoms with Gasteiger partial charge in [0.15, 0.2) is 0 Å². The number of rotatable bonds is 4. The molecule has 0 aliphatic heterocycles. The molecule has 0 amide bonds. The quantitative estimate of drug-likeness (QED) is 0.903. The Labute approximate surface area is 121 Å². The smallest absolute Gasteiger partial charge is 0.336 e. The molecule has 0 heterocycles. The fourth-order valence-corrected chi connectivity index (χ4v) is 2.64. The van der Waals surface area contributed by atoms with E-state index in [1.165, 1.54) is 0 Å². The SMILES string of the molecule is O=C(O)c1ccccc1-c1ccc(C2(C(=O)O)CC2)cc1. The lowest BCUT2D eigenvalue weighted by Crippen LogP contribution is -2.19. The highest BCUT2D eigenvalue weighted by Crippen LogP contribution is 2.48. The van der Waals surface area contributed by atoms with E-state index in [0.717, 1.165) is 11.1 Å². The van der Waals surface area contributed by atoms with Crippen LogP contribution in [-0.2, 0) is 10.2 Å². The van der Waals surface area contributed by atoms with Crippen LogP contribution in [0.3, 0.4) is 0 Å². The van der Waals surface area contributed by atoms with Crippen molar-refractivity contribution >= 4 is 11.9 Å². The van der Waals surface area contributed by atoms with Gasteiger partial charge in [0.05, 0.1) is 11.0 Å². The monoisotopic (exact) mass is 282 g/mol. The van der Waals surface area contributed by atoms with Gasteiger partial charge in [-0.15, -0.1) is 0 Å². The van der Waals surface area contributed by atoms with Gasteiger partial charge in [0, 0.05) is 0 Å². The van der Waals surface area contributed by atoms with Crippen molar-refractivity contribution in [3.05, 3.63) is 59.7 Å². The normalized spacial score (nSPS) is 15.4. The van der Waals surface area contributed by atoms with Gasteiger partial charge in [0.25, 0.3) is 0 Å². The molecule has 3 rings (SSSR count). The van der Waals surface area contributed by atoms with Crippen LogP contribution in [0.2, 0.25) is 0 Å². The van der Waals surface area contributed by atoms with Gasteiger partial charge in [-0.3, -0.25) is 4.79 Å². The first-order chi connectivity index (χ1) is 10.0. The summed E-state index contributed by atoms with van der Waals surface area (Å²) in [5.41, 5.74) is 1.70. The first-order valence-corrected chi connectivity index (χ1v) is 6.71. The molecule has 21 heavy (non-hydrogen) atoms. The van der Waals surface area contributed by atoms with Crippen LogP contribution in [0, 0.1) is 0 Å². The number of hydrogen-bond acceptors (Lipinski definition) is 2. The zero-order chi connectivity index (χ0) is 15.0. The van der Waals surface area contributed by atoms with Gasteiger partial charge in [-0.05, 0) is 35.6 Å². The molecule has 0 unspecified atom stereocenters. The first kappa shape index (κ1) is 13.4. The van der Waals surface area contributed by atoms with Crippen molar-refractivity contribution in [1.82, 2.24) is 0 Å². The molecule has 2 aromatic carbocycles. The first-order valence-electron chi connectivity index (χ1n) is 6.71. The lowest BCUT2D eigenvalue weighted by atomic mass is 9.92. The number of hydrogen-bond donors (Lipinski definition) is 2. The third kappa shape index (κ3) is 2.18. The molecule has 1 fully saturated rings. The zero-order valence-corrected chi connectivity index (χ0v) is 11.2. The van der Waals surface area contributed by atoms with Crippen molar-refractivity contribution in [2.75, 3.05) is 0 Å². The van der Waals surface area contributed by atoms with E-state index in [2.05, 4.69) is 0 Å². The largest absolute Gasteiger partial charge is 0.481 e. The van der Waals surface area contributed by atoms with E-state index < -0.39 is 17.4 Å². The third-order valence-electron chi connectivity index (χ3n) is 4.07. The Morgan fingerprint density at radius 3 is 2.05 bits per heavy atom. The Kier molecular flexibility index (Phi) is 3.01. The summed E-state index contributed by atoms with van der Waals surface area (Å²) in [7, 11) is 0. The molecule has 0 bridgehead atoms. The topological polar surface area (TPSA) is 74.6 Å². The second-order valence-electron chi connectivity index (χ2n) is 5.32. The summed E-state index contributed by atoms with van der Waals surface area (Å²) in [4.78, 5) is 22.5. The molecule has 106 valence electrons. The van der Waals surface area contributed by atoms with Crippen molar-refractivity contribution in [3.8, 4) is 11.1 Å². The maximum absolute atomic E-state index is 11.3. The maximum atomic E-state index is 11.3.